The Morgan fingerprint density at radius 3 is 2.34 bits per heavy atom. The van der Waals surface area contributed by atoms with Crippen molar-refractivity contribution in [2.75, 3.05) is 35.8 Å². The standard InChI is InChI=1S/C26H26N4O3S2/c1-18-7-10-20(11-8-18)35(32,33)28-22-6-4-3-5-21(22)25(31)29-13-15-30(16-14-29)26-27-23-12-9-19(2)17-24(23)34-26/h3-12,17,28H,13-16H2,1-2H3. The Morgan fingerprint density at radius 2 is 1.60 bits per heavy atom. The van der Waals surface area contributed by atoms with Gasteiger partial charge in [-0.3, -0.25) is 9.52 Å². The third-order valence-corrected chi connectivity index (χ3v) is 8.56. The number of rotatable bonds is 5. The summed E-state index contributed by atoms with van der Waals surface area (Å²) >= 11 is 1.67. The van der Waals surface area contributed by atoms with Crippen LogP contribution in [0.25, 0.3) is 10.2 Å². The number of benzene rings is 3. The Morgan fingerprint density at radius 1 is 0.914 bits per heavy atom. The first-order valence-corrected chi connectivity index (χ1v) is 13.7. The van der Waals surface area contributed by atoms with E-state index in [4.69, 9.17) is 4.98 Å². The van der Waals surface area contributed by atoms with Gasteiger partial charge in [0.25, 0.3) is 15.9 Å². The minimum atomic E-state index is -3.81. The largest absolute Gasteiger partial charge is 0.345 e. The zero-order valence-electron chi connectivity index (χ0n) is 19.6. The van der Waals surface area contributed by atoms with Crippen molar-refractivity contribution in [1.82, 2.24) is 9.88 Å². The van der Waals surface area contributed by atoms with E-state index in [1.165, 1.54) is 5.56 Å². The summed E-state index contributed by atoms with van der Waals surface area (Å²) in [6, 6.07) is 19.6. The van der Waals surface area contributed by atoms with Crippen molar-refractivity contribution >= 4 is 48.3 Å². The lowest BCUT2D eigenvalue weighted by Crippen LogP contribution is -2.48. The number of nitrogens with zero attached hydrogens (tertiary/aromatic N) is 3. The lowest BCUT2D eigenvalue weighted by atomic mass is 10.1. The number of piperazine rings is 1. The van der Waals surface area contributed by atoms with Crippen LogP contribution < -0.4 is 9.62 Å². The highest BCUT2D eigenvalue weighted by Gasteiger charge is 2.26. The molecule has 0 radical (unpaired) electrons. The molecular formula is C26H26N4O3S2. The maximum absolute atomic E-state index is 13.4. The smallest absolute Gasteiger partial charge is 0.261 e. The summed E-state index contributed by atoms with van der Waals surface area (Å²) < 4.78 is 29.6. The molecule has 1 aliphatic rings. The van der Waals surface area contributed by atoms with E-state index in [0.717, 1.165) is 20.9 Å². The highest BCUT2D eigenvalue weighted by atomic mass is 32.2. The molecule has 1 N–H and O–H groups in total. The van der Waals surface area contributed by atoms with Gasteiger partial charge in [0.1, 0.15) is 0 Å². The minimum absolute atomic E-state index is 0.157. The van der Waals surface area contributed by atoms with E-state index in [1.807, 2.05) is 13.0 Å². The number of amides is 1. The van der Waals surface area contributed by atoms with Crippen LogP contribution in [0, 0.1) is 13.8 Å². The molecule has 0 saturated carbocycles. The molecule has 0 unspecified atom stereocenters. The Bertz CT molecular complexity index is 1490. The normalized spacial score (nSPS) is 14.3. The molecule has 1 amide bonds. The molecule has 1 fully saturated rings. The molecule has 7 nitrogen and oxygen atoms in total. The number of hydrogen-bond donors (Lipinski definition) is 1. The van der Waals surface area contributed by atoms with Gasteiger partial charge >= 0.3 is 0 Å². The number of aromatic nitrogens is 1. The molecule has 1 saturated heterocycles. The van der Waals surface area contributed by atoms with Crippen LogP contribution in [0.4, 0.5) is 10.8 Å². The fourth-order valence-electron chi connectivity index (χ4n) is 4.11. The summed E-state index contributed by atoms with van der Waals surface area (Å²) in [4.78, 5) is 22.3. The zero-order valence-corrected chi connectivity index (χ0v) is 21.2. The molecule has 9 heteroatoms. The number of aryl methyl sites for hydroxylation is 2. The van der Waals surface area contributed by atoms with Crippen LogP contribution in [0.1, 0.15) is 21.5 Å². The Kier molecular flexibility index (Phi) is 6.21. The molecule has 4 aromatic rings. The highest BCUT2D eigenvalue weighted by Crippen LogP contribution is 2.30. The molecule has 0 atom stereocenters. The lowest BCUT2D eigenvalue weighted by molar-refractivity contribution is 0.0748. The van der Waals surface area contributed by atoms with Crippen LogP contribution in [0.5, 0.6) is 0 Å². The highest BCUT2D eigenvalue weighted by molar-refractivity contribution is 7.92. The molecule has 180 valence electrons. The van der Waals surface area contributed by atoms with Gasteiger partial charge in [-0.1, -0.05) is 47.2 Å². The van der Waals surface area contributed by atoms with Gasteiger partial charge in [0.05, 0.1) is 26.4 Å². The topological polar surface area (TPSA) is 82.6 Å². The molecule has 5 rings (SSSR count). The summed E-state index contributed by atoms with van der Waals surface area (Å²) in [6.45, 7) is 6.38. The Hall–Kier alpha value is -3.43. The number of thiazole rings is 1. The third-order valence-electron chi connectivity index (χ3n) is 6.10. The molecule has 35 heavy (non-hydrogen) atoms. The van der Waals surface area contributed by atoms with E-state index in [0.29, 0.717) is 31.7 Å². The number of sulfonamides is 1. The number of carbonyl (C=O) groups is 1. The lowest BCUT2D eigenvalue weighted by Gasteiger charge is -2.34. The number of hydrogen-bond acceptors (Lipinski definition) is 6. The van der Waals surface area contributed by atoms with Crippen molar-refractivity contribution in [2.24, 2.45) is 0 Å². The predicted molar refractivity (Wildman–Crippen MR) is 141 cm³/mol. The van der Waals surface area contributed by atoms with Crippen LogP contribution >= 0.6 is 11.3 Å². The Balaban J connectivity index is 1.30. The van der Waals surface area contributed by atoms with Crippen LogP contribution in [-0.2, 0) is 10.0 Å². The first-order chi connectivity index (χ1) is 16.8. The maximum Gasteiger partial charge on any atom is 0.261 e. The number of para-hydroxylation sites is 1. The van der Waals surface area contributed by atoms with Crippen LogP contribution in [0.3, 0.4) is 0 Å². The van der Waals surface area contributed by atoms with Gasteiger partial charge in [0, 0.05) is 26.2 Å². The number of anilines is 2. The molecule has 1 aromatic heterocycles. The zero-order chi connectivity index (χ0) is 24.6. The van der Waals surface area contributed by atoms with Crippen molar-refractivity contribution < 1.29 is 13.2 Å². The van der Waals surface area contributed by atoms with Crippen molar-refractivity contribution in [3.8, 4) is 0 Å². The number of nitrogens with one attached hydrogen (secondary N) is 1. The molecular weight excluding hydrogens is 480 g/mol. The van der Waals surface area contributed by atoms with Crippen LogP contribution in [-0.4, -0.2) is 50.4 Å². The van der Waals surface area contributed by atoms with Crippen molar-refractivity contribution in [2.45, 2.75) is 18.7 Å². The second kappa shape index (κ2) is 9.31. The summed E-state index contributed by atoms with van der Waals surface area (Å²) in [5, 5.41) is 0.962. The summed E-state index contributed by atoms with van der Waals surface area (Å²) in [7, 11) is -3.81. The van der Waals surface area contributed by atoms with E-state index in [2.05, 4.69) is 28.7 Å². The van der Waals surface area contributed by atoms with E-state index in [-0.39, 0.29) is 16.5 Å². The fraction of sp³-hybridized carbons (Fsp3) is 0.231. The summed E-state index contributed by atoms with van der Waals surface area (Å²) in [5.74, 6) is -0.188. The number of carbonyl (C=O) groups excluding carboxylic acids is 1. The SMILES string of the molecule is Cc1ccc(S(=O)(=O)Nc2ccccc2C(=O)N2CCN(c3nc4ccc(C)cc4s3)CC2)cc1. The van der Waals surface area contributed by atoms with Crippen molar-refractivity contribution in [3.05, 3.63) is 83.4 Å². The fourth-order valence-corrected chi connectivity index (χ4v) is 6.30. The average molecular weight is 507 g/mol. The van der Waals surface area contributed by atoms with Gasteiger partial charge in [0.15, 0.2) is 5.13 Å². The van der Waals surface area contributed by atoms with E-state index in [9.17, 15) is 13.2 Å². The molecule has 0 aliphatic carbocycles. The monoisotopic (exact) mass is 506 g/mol. The summed E-state index contributed by atoms with van der Waals surface area (Å²) in [5.41, 5.74) is 3.79. The predicted octanol–water partition coefficient (Wildman–Crippen LogP) is 4.68. The van der Waals surface area contributed by atoms with Gasteiger partial charge in [-0.2, -0.15) is 0 Å². The van der Waals surface area contributed by atoms with Crippen molar-refractivity contribution in [3.63, 3.8) is 0 Å². The third kappa shape index (κ3) is 4.87. The molecule has 3 aromatic carbocycles. The second-order valence-electron chi connectivity index (χ2n) is 8.71. The molecule has 2 heterocycles. The summed E-state index contributed by atoms with van der Waals surface area (Å²) in [6.07, 6.45) is 0. The first-order valence-electron chi connectivity index (χ1n) is 11.4. The average Bonchev–Trinajstić information content (AvgIpc) is 3.27. The van der Waals surface area contributed by atoms with Gasteiger partial charge in [-0.05, 0) is 55.8 Å². The van der Waals surface area contributed by atoms with E-state index < -0.39 is 10.0 Å². The maximum atomic E-state index is 13.4. The van der Waals surface area contributed by atoms with E-state index in [1.54, 1.807) is 64.8 Å². The van der Waals surface area contributed by atoms with Crippen molar-refractivity contribution in [1.29, 1.82) is 0 Å². The second-order valence-corrected chi connectivity index (χ2v) is 11.4. The van der Waals surface area contributed by atoms with E-state index >= 15 is 0 Å². The quantitative estimate of drug-likeness (QED) is 0.425. The van der Waals surface area contributed by atoms with Gasteiger partial charge in [0.2, 0.25) is 0 Å². The minimum Gasteiger partial charge on any atom is -0.345 e. The van der Waals surface area contributed by atoms with Crippen LogP contribution in [0.2, 0.25) is 0 Å². The molecule has 1 aliphatic heterocycles. The molecule has 0 spiro atoms. The number of fused-ring (bicyclic) bond motifs is 1. The van der Waals surface area contributed by atoms with Gasteiger partial charge in [-0.25, -0.2) is 13.4 Å². The van der Waals surface area contributed by atoms with Crippen LogP contribution in [0.15, 0.2) is 71.6 Å². The molecule has 0 bridgehead atoms. The first kappa shape index (κ1) is 23.3. The van der Waals surface area contributed by atoms with Gasteiger partial charge in [-0.15, -0.1) is 0 Å². The Labute approximate surface area is 209 Å². The van der Waals surface area contributed by atoms with Gasteiger partial charge < -0.3 is 9.80 Å².